The molecular weight excluding hydrogens is 222 g/mol. The standard InChI is InChI=1S/C10H7N5O2/c11-10-14-13-8(17-10)6-5-12-7-3-1-2-4-15(7)9(6)16/h1-5H,(H2,11,14). The quantitative estimate of drug-likeness (QED) is 0.645. The molecule has 3 heterocycles. The molecule has 17 heavy (non-hydrogen) atoms. The zero-order valence-corrected chi connectivity index (χ0v) is 8.57. The van der Waals surface area contributed by atoms with Gasteiger partial charge >= 0.3 is 6.01 Å². The molecule has 3 aromatic heterocycles. The molecule has 0 bridgehead atoms. The fourth-order valence-corrected chi connectivity index (χ4v) is 1.52. The first-order valence-corrected chi connectivity index (χ1v) is 4.81. The van der Waals surface area contributed by atoms with Gasteiger partial charge in [0, 0.05) is 12.4 Å². The molecule has 0 radical (unpaired) electrons. The minimum Gasteiger partial charge on any atom is -0.403 e. The molecule has 7 heteroatoms. The summed E-state index contributed by atoms with van der Waals surface area (Å²) in [5, 5.41) is 7.16. The Hall–Kier alpha value is -2.70. The van der Waals surface area contributed by atoms with E-state index >= 15 is 0 Å². The maximum Gasteiger partial charge on any atom is 0.313 e. The van der Waals surface area contributed by atoms with Crippen molar-refractivity contribution in [1.82, 2.24) is 19.6 Å². The van der Waals surface area contributed by atoms with Crippen LogP contribution in [0, 0.1) is 0 Å². The van der Waals surface area contributed by atoms with Crippen molar-refractivity contribution in [3.8, 4) is 11.5 Å². The van der Waals surface area contributed by atoms with Crippen molar-refractivity contribution in [3.05, 3.63) is 40.9 Å². The second kappa shape index (κ2) is 3.41. The fraction of sp³-hybridized carbons (Fsp3) is 0. The van der Waals surface area contributed by atoms with Gasteiger partial charge in [-0.05, 0) is 12.1 Å². The average Bonchev–Trinajstić information content (AvgIpc) is 2.77. The number of hydrogen-bond donors (Lipinski definition) is 1. The van der Waals surface area contributed by atoms with E-state index in [4.69, 9.17) is 10.2 Å². The van der Waals surface area contributed by atoms with Crippen LogP contribution in [0.25, 0.3) is 17.1 Å². The predicted molar refractivity (Wildman–Crippen MR) is 59.2 cm³/mol. The van der Waals surface area contributed by atoms with E-state index in [1.807, 2.05) is 0 Å². The number of nitrogens with two attached hydrogens (primary N) is 1. The van der Waals surface area contributed by atoms with Crippen LogP contribution in [-0.4, -0.2) is 19.6 Å². The summed E-state index contributed by atoms with van der Waals surface area (Å²) in [7, 11) is 0. The van der Waals surface area contributed by atoms with Crippen LogP contribution in [0.15, 0.2) is 39.8 Å². The van der Waals surface area contributed by atoms with E-state index in [9.17, 15) is 4.79 Å². The van der Waals surface area contributed by atoms with Gasteiger partial charge in [-0.1, -0.05) is 11.2 Å². The molecule has 0 fully saturated rings. The summed E-state index contributed by atoms with van der Waals surface area (Å²) in [6.45, 7) is 0. The lowest BCUT2D eigenvalue weighted by Crippen LogP contribution is -2.16. The second-order valence-corrected chi connectivity index (χ2v) is 3.35. The van der Waals surface area contributed by atoms with Crippen LogP contribution in [0.5, 0.6) is 0 Å². The molecule has 0 aromatic carbocycles. The van der Waals surface area contributed by atoms with Gasteiger partial charge in [0.15, 0.2) is 0 Å². The zero-order chi connectivity index (χ0) is 11.8. The van der Waals surface area contributed by atoms with Gasteiger partial charge in [0.1, 0.15) is 11.2 Å². The SMILES string of the molecule is Nc1nnc(-c2cnc3ccccn3c2=O)o1. The fourth-order valence-electron chi connectivity index (χ4n) is 1.52. The highest BCUT2D eigenvalue weighted by Crippen LogP contribution is 2.13. The first kappa shape index (κ1) is 9.52. The maximum absolute atomic E-state index is 12.1. The Morgan fingerprint density at radius 2 is 2.18 bits per heavy atom. The largest absolute Gasteiger partial charge is 0.403 e. The lowest BCUT2D eigenvalue weighted by Gasteiger charge is -1.99. The number of pyridine rings is 1. The van der Waals surface area contributed by atoms with E-state index in [0.717, 1.165) is 0 Å². The third-order valence-corrected chi connectivity index (χ3v) is 2.28. The lowest BCUT2D eigenvalue weighted by atomic mass is 10.3. The van der Waals surface area contributed by atoms with E-state index < -0.39 is 0 Å². The number of aromatic nitrogens is 4. The van der Waals surface area contributed by atoms with Gasteiger partial charge in [0.05, 0.1) is 0 Å². The van der Waals surface area contributed by atoms with Crippen LogP contribution >= 0.6 is 0 Å². The van der Waals surface area contributed by atoms with E-state index in [1.165, 1.54) is 10.6 Å². The molecule has 3 rings (SSSR count). The number of hydrogen-bond acceptors (Lipinski definition) is 6. The normalized spacial score (nSPS) is 10.8. The highest BCUT2D eigenvalue weighted by molar-refractivity contribution is 5.53. The van der Waals surface area contributed by atoms with Crippen LogP contribution in [0.4, 0.5) is 6.01 Å². The summed E-state index contributed by atoms with van der Waals surface area (Å²) in [6, 6.07) is 5.18. The van der Waals surface area contributed by atoms with Gasteiger partial charge in [-0.25, -0.2) is 4.98 Å². The molecule has 0 saturated carbocycles. The summed E-state index contributed by atoms with van der Waals surface area (Å²) in [6.07, 6.45) is 3.01. The summed E-state index contributed by atoms with van der Waals surface area (Å²) in [5.74, 6) is 0.0678. The summed E-state index contributed by atoms with van der Waals surface area (Å²) < 4.78 is 6.40. The van der Waals surface area contributed by atoms with Gasteiger partial charge in [-0.2, -0.15) is 0 Å². The van der Waals surface area contributed by atoms with Crippen molar-refractivity contribution >= 4 is 11.7 Å². The smallest absolute Gasteiger partial charge is 0.313 e. The van der Waals surface area contributed by atoms with Crippen molar-refractivity contribution in [3.63, 3.8) is 0 Å². The van der Waals surface area contributed by atoms with Gasteiger partial charge in [0.25, 0.3) is 11.4 Å². The number of nitrogens with zero attached hydrogens (tertiary/aromatic N) is 4. The number of fused-ring (bicyclic) bond motifs is 1. The van der Waals surface area contributed by atoms with Crippen molar-refractivity contribution in [2.75, 3.05) is 5.73 Å². The Kier molecular flexibility index (Phi) is 1.91. The van der Waals surface area contributed by atoms with Crippen LogP contribution < -0.4 is 11.3 Å². The Morgan fingerprint density at radius 1 is 1.29 bits per heavy atom. The molecule has 0 unspecified atom stereocenters. The van der Waals surface area contributed by atoms with Crippen molar-refractivity contribution in [1.29, 1.82) is 0 Å². The first-order chi connectivity index (χ1) is 8.25. The molecule has 0 amide bonds. The monoisotopic (exact) mass is 229 g/mol. The lowest BCUT2D eigenvalue weighted by molar-refractivity contribution is 0.588. The molecular formula is C10H7N5O2. The molecule has 0 spiro atoms. The van der Waals surface area contributed by atoms with Crippen molar-refractivity contribution in [2.24, 2.45) is 0 Å². The zero-order valence-electron chi connectivity index (χ0n) is 8.57. The van der Waals surface area contributed by atoms with E-state index in [2.05, 4.69) is 15.2 Å². The highest BCUT2D eigenvalue weighted by Gasteiger charge is 2.12. The highest BCUT2D eigenvalue weighted by atomic mass is 16.4. The van der Waals surface area contributed by atoms with Gasteiger partial charge in [-0.3, -0.25) is 9.20 Å². The second-order valence-electron chi connectivity index (χ2n) is 3.35. The Labute approximate surface area is 94.5 Å². The molecule has 0 aliphatic carbocycles. The molecule has 2 N–H and O–H groups in total. The van der Waals surface area contributed by atoms with E-state index in [-0.39, 0.29) is 23.0 Å². The van der Waals surface area contributed by atoms with Crippen LogP contribution in [-0.2, 0) is 0 Å². The van der Waals surface area contributed by atoms with Crippen molar-refractivity contribution in [2.45, 2.75) is 0 Å². The number of nitrogen functional groups attached to an aromatic ring is 1. The number of rotatable bonds is 1. The minimum absolute atomic E-state index is 0.0678. The first-order valence-electron chi connectivity index (χ1n) is 4.81. The Balaban J connectivity index is 2.32. The average molecular weight is 229 g/mol. The molecule has 0 aliphatic heterocycles. The van der Waals surface area contributed by atoms with Crippen molar-refractivity contribution < 1.29 is 4.42 Å². The van der Waals surface area contributed by atoms with E-state index in [1.54, 1.807) is 24.4 Å². The predicted octanol–water partition coefficient (Wildman–Crippen LogP) is 0.327. The van der Waals surface area contributed by atoms with Gasteiger partial charge in [-0.15, -0.1) is 5.10 Å². The van der Waals surface area contributed by atoms with Gasteiger partial charge in [0.2, 0.25) is 0 Å². The molecule has 0 aliphatic rings. The third kappa shape index (κ3) is 1.44. The molecule has 0 atom stereocenters. The third-order valence-electron chi connectivity index (χ3n) is 2.28. The number of anilines is 1. The topological polar surface area (TPSA) is 99.3 Å². The van der Waals surface area contributed by atoms with Crippen LogP contribution in [0.3, 0.4) is 0 Å². The molecule has 3 aromatic rings. The molecule has 0 saturated heterocycles. The minimum atomic E-state index is -0.278. The van der Waals surface area contributed by atoms with Crippen LogP contribution in [0.1, 0.15) is 0 Å². The van der Waals surface area contributed by atoms with Crippen LogP contribution in [0.2, 0.25) is 0 Å². The maximum atomic E-state index is 12.1. The van der Waals surface area contributed by atoms with E-state index in [0.29, 0.717) is 5.65 Å². The molecule has 7 nitrogen and oxygen atoms in total. The Morgan fingerprint density at radius 3 is 2.94 bits per heavy atom. The summed E-state index contributed by atoms with van der Waals surface area (Å²) >= 11 is 0. The Bertz CT molecular complexity index is 746. The molecule has 84 valence electrons. The van der Waals surface area contributed by atoms with Gasteiger partial charge < -0.3 is 10.2 Å². The summed E-state index contributed by atoms with van der Waals surface area (Å²) in [5.41, 5.74) is 5.80. The summed E-state index contributed by atoms with van der Waals surface area (Å²) in [4.78, 5) is 16.2.